The number of benzene rings is 7. The summed E-state index contributed by atoms with van der Waals surface area (Å²) < 4.78 is 8.80. The van der Waals surface area contributed by atoms with Crippen LogP contribution in [-0.2, 0) is 5.41 Å². The van der Waals surface area contributed by atoms with Crippen molar-refractivity contribution >= 4 is 43.7 Å². The molecule has 0 unspecified atom stereocenters. The highest BCUT2D eigenvalue weighted by Crippen LogP contribution is 2.51. The first-order valence-corrected chi connectivity index (χ1v) is 16.4. The molecule has 0 fully saturated rings. The summed E-state index contributed by atoms with van der Waals surface area (Å²) in [7, 11) is 0. The molecule has 0 amide bonds. The van der Waals surface area contributed by atoms with Crippen LogP contribution in [0.3, 0.4) is 0 Å². The molecule has 0 aliphatic heterocycles. The van der Waals surface area contributed by atoms with Gasteiger partial charge in [0.25, 0.3) is 0 Å². The Morgan fingerprint density at radius 1 is 0.447 bits per heavy atom. The van der Waals surface area contributed by atoms with Crippen LogP contribution in [0.15, 0.2) is 156 Å². The number of nitrogens with zero attached hydrogens (tertiary/aromatic N) is 1. The topological polar surface area (TPSA) is 18.1 Å². The fourth-order valence-corrected chi connectivity index (χ4v) is 8.09. The lowest BCUT2D eigenvalue weighted by Gasteiger charge is -2.21. The molecular weight excluding hydrogens is 571 g/mol. The molecule has 222 valence electrons. The van der Waals surface area contributed by atoms with Crippen molar-refractivity contribution in [3.63, 3.8) is 0 Å². The van der Waals surface area contributed by atoms with Gasteiger partial charge in [-0.05, 0) is 81.4 Å². The van der Waals surface area contributed by atoms with Crippen molar-refractivity contribution in [3.8, 4) is 39.1 Å². The molecule has 47 heavy (non-hydrogen) atoms. The Balaban J connectivity index is 1.09. The minimum atomic E-state index is -0.0526. The number of furan rings is 1. The van der Waals surface area contributed by atoms with Crippen LogP contribution >= 0.6 is 0 Å². The number of fused-ring (bicyclic) bond motifs is 9. The Bertz CT molecular complexity index is 2700. The first kappa shape index (κ1) is 26.4. The first-order valence-electron chi connectivity index (χ1n) is 16.4. The molecule has 2 heterocycles. The Morgan fingerprint density at radius 2 is 1.15 bits per heavy atom. The van der Waals surface area contributed by atoms with Crippen LogP contribution in [0.4, 0.5) is 0 Å². The summed E-state index contributed by atoms with van der Waals surface area (Å²) in [6.07, 6.45) is 0. The van der Waals surface area contributed by atoms with E-state index in [1.165, 1.54) is 55.2 Å². The largest absolute Gasteiger partial charge is 0.455 e. The van der Waals surface area contributed by atoms with Gasteiger partial charge in [0.05, 0.1) is 11.0 Å². The Morgan fingerprint density at radius 3 is 2.04 bits per heavy atom. The molecular formula is C45H31NO. The van der Waals surface area contributed by atoms with Gasteiger partial charge in [0.15, 0.2) is 0 Å². The van der Waals surface area contributed by atoms with E-state index in [0.717, 1.165) is 38.8 Å². The maximum Gasteiger partial charge on any atom is 0.143 e. The van der Waals surface area contributed by atoms with Crippen molar-refractivity contribution in [2.75, 3.05) is 0 Å². The average Bonchev–Trinajstić information content (AvgIpc) is 3.73. The molecule has 2 aromatic heterocycles. The third-order valence-electron chi connectivity index (χ3n) is 10.4. The number of rotatable bonds is 3. The van der Waals surface area contributed by atoms with E-state index in [4.69, 9.17) is 4.42 Å². The number of hydrogen-bond donors (Lipinski definition) is 0. The van der Waals surface area contributed by atoms with Gasteiger partial charge in [0.1, 0.15) is 11.2 Å². The maximum absolute atomic E-state index is 6.37. The van der Waals surface area contributed by atoms with Crippen molar-refractivity contribution in [2.24, 2.45) is 0 Å². The predicted octanol–water partition coefficient (Wildman–Crippen LogP) is 12.3. The first-order chi connectivity index (χ1) is 23.1. The highest BCUT2D eigenvalue weighted by Gasteiger charge is 2.36. The Hall–Kier alpha value is -5.86. The van der Waals surface area contributed by atoms with Gasteiger partial charge in [-0.25, -0.2) is 0 Å². The van der Waals surface area contributed by atoms with Crippen molar-refractivity contribution in [1.29, 1.82) is 0 Å². The molecule has 0 bridgehead atoms. The summed E-state index contributed by atoms with van der Waals surface area (Å²) in [5.74, 6) is 0. The van der Waals surface area contributed by atoms with E-state index < -0.39 is 0 Å². The molecule has 1 aliphatic carbocycles. The van der Waals surface area contributed by atoms with Gasteiger partial charge >= 0.3 is 0 Å². The molecule has 7 aromatic carbocycles. The zero-order valence-electron chi connectivity index (χ0n) is 26.3. The maximum atomic E-state index is 6.37. The summed E-state index contributed by atoms with van der Waals surface area (Å²) in [5.41, 5.74) is 15.6. The Kier molecular flexibility index (Phi) is 5.37. The van der Waals surface area contributed by atoms with E-state index in [0.29, 0.717) is 0 Å². The van der Waals surface area contributed by atoms with Crippen LogP contribution in [0.5, 0.6) is 0 Å². The predicted molar refractivity (Wildman–Crippen MR) is 196 cm³/mol. The second-order valence-electron chi connectivity index (χ2n) is 13.3. The fraction of sp³-hybridized carbons (Fsp3) is 0.0667. The summed E-state index contributed by atoms with van der Waals surface area (Å²) in [6.45, 7) is 4.71. The van der Waals surface area contributed by atoms with Crippen LogP contribution in [0.2, 0.25) is 0 Å². The Labute approximate surface area is 273 Å². The minimum absolute atomic E-state index is 0.0526. The zero-order valence-corrected chi connectivity index (χ0v) is 26.3. The molecule has 0 atom stereocenters. The van der Waals surface area contributed by atoms with Gasteiger partial charge in [-0.3, -0.25) is 0 Å². The van der Waals surface area contributed by atoms with Gasteiger partial charge in [0, 0.05) is 38.2 Å². The number of hydrogen-bond acceptors (Lipinski definition) is 1. The standard InChI is InChI=1S/C45H31NO/c1-45(2)39-18-6-3-13-33(39)37-26-38-34-14-4-7-19-41(34)46(42(38)27-40(37)45)31-23-21-28(22-24-31)29-11-9-12-30(25-29)32-16-10-17-36-35-15-5-8-20-43(35)47-44(32)36/h3-27H,1-2H3. The summed E-state index contributed by atoms with van der Waals surface area (Å²) >= 11 is 0. The highest BCUT2D eigenvalue weighted by atomic mass is 16.3. The van der Waals surface area contributed by atoms with Crippen LogP contribution < -0.4 is 0 Å². The van der Waals surface area contributed by atoms with Crippen LogP contribution in [0.1, 0.15) is 25.0 Å². The molecule has 0 spiro atoms. The molecule has 9 aromatic rings. The third-order valence-corrected chi connectivity index (χ3v) is 10.4. The second kappa shape index (κ2) is 9.57. The summed E-state index contributed by atoms with van der Waals surface area (Å²) in [6, 6.07) is 55.1. The van der Waals surface area contributed by atoms with E-state index in [-0.39, 0.29) is 5.41 Å². The lowest BCUT2D eigenvalue weighted by molar-refractivity contribution is 0.661. The van der Waals surface area contributed by atoms with Crippen molar-refractivity contribution in [3.05, 3.63) is 163 Å². The van der Waals surface area contributed by atoms with Crippen LogP contribution in [0.25, 0.3) is 82.8 Å². The quantitative estimate of drug-likeness (QED) is 0.197. The minimum Gasteiger partial charge on any atom is -0.455 e. The van der Waals surface area contributed by atoms with Crippen molar-refractivity contribution < 1.29 is 4.42 Å². The average molecular weight is 602 g/mol. The smallest absolute Gasteiger partial charge is 0.143 e. The van der Waals surface area contributed by atoms with Crippen LogP contribution in [0, 0.1) is 0 Å². The molecule has 0 radical (unpaired) electrons. The van der Waals surface area contributed by atoms with Gasteiger partial charge < -0.3 is 8.98 Å². The normalized spacial score (nSPS) is 13.5. The molecule has 0 saturated heterocycles. The van der Waals surface area contributed by atoms with Crippen LogP contribution in [-0.4, -0.2) is 4.57 Å². The van der Waals surface area contributed by atoms with E-state index in [9.17, 15) is 0 Å². The van der Waals surface area contributed by atoms with E-state index in [1.807, 2.05) is 12.1 Å². The zero-order chi connectivity index (χ0) is 31.3. The fourth-order valence-electron chi connectivity index (χ4n) is 8.09. The molecule has 10 rings (SSSR count). The molecule has 2 heteroatoms. The number of aromatic nitrogens is 1. The van der Waals surface area contributed by atoms with Gasteiger partial charge in [-0.1, -0.05) is 123 Å². The highest BCUT2D eigenvalue weighted by molar-refractivity contribution is 6.12. The van der Waals surface area contributed by atoms with E-state index in [1.54, 1.807) is 0 Å². The third kappa shape index (κ3) is 3.73. The summed E-state index contributed by atoms with van der Waals surface area (Å²) in [4.78, 5) is 0. The van der Waals surface area contributed by atoms with E-state index >= 15 is 0 Å². The molecule has 1 aliphatic rings. The molecule has 2 nitrogen and oxygen atoms in total. The number of para-hydroxylation sites is 3. The summed E-state index contributed by atoms with van der Waals surface area (Å²) in [5, 5.41) is 4.88. The van der Waals surface area contributed by atoms with Gasteiger partial charge in [-0.2, -0.15) is 0 Å². The lowest BCUT2D eigenvalue weighted by atomic mass is 9.82. The van der Waals surface area contributed by atoms with Gasteiger partial charge in [0.2, 0.25) is 0 Å². The van der Waals surface area contributed by atoms with E-state index in [2.05, 4.69) is 158 Å². The lowest BCUT2D eigenvalue weighted by Crippen LogP contribution is -2.14. The molecule has 0 N–H and O–H groups in total. The second-order valence-corrected chi connectivity index (χ2v) is 13.3. The van der Waals surface area contributed by atoms with Crippen molar-refractivity contribution in [1.82, 2.24) is 4.57 Å². The van der Waals surface area contributed by atoms with Crippen molar-refractivity contribution in [2.45, 2.75) is 19.3 Å². The molecule has 0 saturated carbocycles. The SMILES string of the molecule is CC1(C)c2ccccc2-c2cc3c4ccccc4n(-c4ccc(-c5cccc(-c6cccc7c6oc6ccccc67)c5)cc4)c3cc21. The van der Waals surface area contributed by atoms with Gasteiger partial charge in [-0.15, -0.1) is 0 Å². The monoisotopic (exact) mass is 601 g/mol.